The summed E-state index contributed by atoms with van der Waals surface area (Å²) in [7, 11) is 0. The number of benzene rings is 1. The third-order valence-corrected chi connectivity index (χ3v) is 1.54. The minimum Gasteiger partial charge on any atom is -0.498 e. The van der Waals surface area contributed by atoms with Crippen LogP contribution in [0.4, 0.5) is 0 Å². The van der Waals surface area contributed by atoms with Gasteiger partial charge in [0.1, 0.15) is 0 Å². The van der Waals surface area contributed by atoms with Gasteiger partial charge in [0, 0.05) is 5.01 Å². The van der Waals surface area contributed by atoms with Crippen LogP contribution in [0.2, 0.25) is 0 Å². The first-order chi connectivity index (χ1) is 5.90. The molecular formula is C8H5N3O. The lowest BCUT2D eigenvalue weighted by atomic mass is 10.3. The second-order valence-electron chi connectivity index (χ2n) is 2.31. The Balaban J connectivity index is 2.67. The molecule has 0 saturated carbocycles. The maximum absolute atomic E-state index is 9.83. The molecule has 0 saturated heterocycles. The van der Waals surface area contributed by atoms with Crippen LogP contribution >= 0.6 is 0 Å². The van der Waals surface area contributed by atoms with Crippen molar-refractivity contribution in [2.75, 3.05) is 0 Å². The number of fused-ring (bicyclic) bond motifs is 1. The molecule has 58 valence electrons. The molecule has 0 fully saturated rings. The summed E-state index contributed by atoms with van der Waals surface area (Å²) in [6.45, 7) is 0. The molecule has 1 heterocycles. The molecule has 2 rings (SSSR count). The van der Waals surface area contributed by atoms with Gasteiger partial charge in [-0.2, -0.15) is 0 Å². The van der Waals surface area contributed by atoms with Gasteiger partial charge in [-0.05, 0) is 12.1 Å². The summed E-state index contributed by atoms with van der Waals surface area (Å²) >= 11 is 0. The molecule has 0 aliphatic carbocycles. The number of para-hydroxylation sites is 2. The molecule has 0 aliphatic rings. The van der Waals surface area contributed by atoms with E-state index in [0.29, 0.717) is 5.82 Å². The van der Waals surface area contributed by atoms with Crippen molar-refractivity contribution in [3.8, 4) is 6.07 Å². The molecule has 4 heteroatoms. The number of nitrogens with zero attached hydrogens (tertiary/aromatic N) is 2. The molecule has 0 aliphatic heterocycles. The van der Waals surface area contributed by atoms with Crippen LogP contribution in [-0.2, 0) is 0 Å². The van der Waals surface area contributed by atoms with Gasteiger partial charge in [0.2, 0.25) is 0 Å². The Labute approximate surface area is 68.3 Å². The molecular weight excluding hydrogens is 154 g/mol. The van der Waals surface area contributed by atoms with Crippen LogP contribution in [0.25, 0.3) is 16.0 Å². The number of rotatable bonds is 0. The first-order valence-electron chi connectivity index (χ1n) is 3.43. The van der Waals surface area contributed by atoms with Gasteiger partial charge >= 0.3 is 6.07 Å². The van der Waals surface area contributed by atoms with E-state index in [-0.39, 0.29) is 0 Å². The Morgan fingerprint density at radius 2 is 2.25 bits per heavy atom. The minimum absolute atomic E-state index is 0.367. The maximum atomic E-state index is 9.83. The van der Waals surface area contributed by atoms with E-state index >= 15 is 0 Å². The first-order valence-corrected chi connectivity index (χ1v) is 3.43. The number of nitrogens with one attached hydrogen (secondary N) is 1. The second kappa shape index (κ2) is 2.55. The summed E-state index contributed by atoms with van der Waals surface area (Å²) in [5, 5.41) is 12.3. The predicted octanol–water partition coefficient (Wildman–Crippen LogP) is 1.74. The van der Waals surface area contributed by atoms with Crippen LogP contribution in [0.5, 0.6) is 0 Å². The molecule has 12 heavy (non-hydrogen) atoms. The molecule has 1 N–H and O–H groups in total. The van der Waals surface area contributed by atoms with Crippen LogP contribution in [0.1, 0.15) is 5.82 Å². The fraction of sp³-hybridized carbons (Fsp3) is 0. The zero-order valence-electron chi connectivity index (χ0n) is 6.11. The highest BCUT2D eigenvalue weighted by atomic mass is 16.4. The smallest absolute Gasteiger partial charge is 0.376 e. The second-order valence-corrected chi connectivity index (χ2v) is 2.31. The Bertz CT molecular complexity index is 431. The number of H-pyrrole nitrogens is 1. The van der Waals surface area contributed by atoms with Crippen molar-refractivity contribution < 1.29 is 0 Å². The highest BCUT2D eigenvalue weighted by Crippen LogP contribution is 2.09. The van der Waals surface area contributed by atoms with Gasteiger partial charge in [0.15, 0.2) is 0 Å². The van der Waals surface area contributed by atoms with Gasteiger partial charge in [-0.15, -0.1) is 0 Å². The van der Waals surface area contributed by atoms with Crippen molar-refractivity contribution in [3.63, 3.8) is 0 Å². The minimum atomic E-state index is 0.367. The monoisotopic (exact) mass is 159 g/mol. The van der Waals surface area contributed by atoms with Crippen LogP contribution in [0.15, 0.2) is 24.3 Å². The number of hydrogen-bond donors (Lipinski definition) is 1. The Kier molecular flexibility index (Phi) is 1.42. The maximum Gasteiger partial charge on any atom is 0.376 e. The highest BCUT2D eigenvalue weighted by molar-refractivity contribution is 5.75. The van der Waals surface area contributed by atoms with E-state index < -0.39 is 0 Å². The van der Waals surface area contributed by atoms with Crippen molar-refractivity contribution in [1.29, 1.82) is 0 Å². The van der Waals surface area contributed by atoms with Crippen LogP contribution in [-0.4, -0.2) is 9.97 Å². The number of aromatic amines is 1. The van der Waals surface area contributed by atoms with Gasteiger partial charge in [-0.3, -0.25) is 0 Å². The molecule has 2 aromatic rings. The fourth-order valence-electron chi connectivity index (χ4n) is 1.05. The number of aromatic nitrogens is 2. The van der Waals surface area contributed by atoms with E-state index in [9.17, 15) is 5.21 Å². The molecule has 0 radical (unpaired) electrons. The molecule has 0 spiro atoms. The topological polar surface area (TPSA) is 56.1 Å². The lowest BCUT2D eigenvalue weighted by Crippen LogP contribution is -1.72. The zero-order valence-corrected chi connectivity index (χ0v) is 6.11. The van der Waals surface area contributed by atoms with Crippen molar-refractivity contribution >= 4 is 11.0 Å². The van der Waals surface area contributed by atoms with Crippen molar-refractivity contribution in [3.05, 3.63) is 40.3 Å². The Hall–Kier alpha value is -2.02. The molecule has 1 aromatic carbocycles. The zero-order chi connectivity index (χ0) is 8.39. The van der Waals surface area contributed by atoms with E-state index in [1.54, 1.807) is 0 Å². The number of hydrogen-bond acceptors (Lipinski definition) is 2. The van der Waals surface area contributed by atoms with Crippen LogP contribution in [0.3, 0.4) is 0 Å². The largest absolute Gasteiger partial charge is 0.498 e. The van der Waals surface area contributed by atoms with Crippen molar-refractivity contribution in [1.82, 2.24) is 9.97 Å². The summed E-state index contributed by atoms with van der Waals surface area (Å²) in [5.74, 6) is 0.367. The summed E-state index contributed by atoms with van der Waals surface area (Å²) in [4.78, 5) is 6.92. The van der Waals surface area contributed by atoms with Crippen molar-refractivity contribution in [2.45, 2.75) is 0 Å². The first kappa shape index (κ1) is 6.68. The quantitative estimate of drug-likeness (QED) is 0.595. The molecule has 4 nitrogen and oxygen atoms in total. The molecule has 0 amide bonds. The molecule has 0 bridgehead atoms. The third-order valence-electron chi connectivity index (χ3n) is 1.54. The van der Waals surface area contributed by atoms with Gasteiger partial charge in [-0.1, -0.05) is 12.1 Å². The van der Waals surface area contributed by atoms with E-state index in [1.165, 1.54) is 0 Å². The van der Waals surface area contributed by atoms with E-state index in [2.05, 4.69) is 21.0 Å². The summed E-state index contributed by atoms with van der Waals surface area (Å²) in [6, 6.07) is 9.69. The van der Waals surface area contributed by atoms with E-state index in [0.717, 1.165) is 11.0 Å². The lowest BCUT2D eigenvalue weighted by Gasteiger charge is -1.81. The van der Waals surface area contributed by atoms with Crippen LogP contribution < -0.4 is 0 Å². The summed E-state index contributed by atoms with van der Waals surface area (Å²) in [6.07, 6.45) is 0. The molecule has 0 unspecified atom stereocenters. The summed E-state index contributed by atoms with van der Waals surface area (Å²) < 4.78 is 0. The normalized spacial score (nSPS) is 9.33. The standard InChI is InChI=1S/C8H5N3O/c12-9-5-8-10-6-3-1-2-4-7(6)11-8/h1-4H,(H,10,11). The van der Waals surface area contributed by atoms with Gasteiger partial charge in [0.25, 0.3) is 5.82 Å². The van der Waals surface area contributed by atoms with E-state index in [4.69, 9.17) is 0 Å². The van der Waals surface area contributed by atoms with Gasteiger partial charge < -0.3 is 10.2 Å². The third kappa shape index (κ3) is 0.974. The fourth-order valence-corrected chi connectivity index (χ4v) is 1.05. The average Bonchev–Trinajstić information content (AvgIpc) is 2.47. The average molecular weight is 159 g/mol. The predicted molar refractivity (Wildman–Crippen MR) is 45.8 cm³/mol. The molecule has 1 aromatic heterocycles. The molecule has 0 atom stereocenters. The Morgan fingerprint density at radius 3 is 3.00 bits per heavy atom. The van der Waals surface area contributed by atoms with Crippen LogP contribution in [0, 0.1) is 11.3 Å². The highest BCUT2D eigenvalue weighted by Gasteiger charge is 2.01. The van der Waals surface area contributed by atoms with E-state index in [1.807, 2.05) is 24.3 Å². The Morgan fingerprint density at radius 1 is 1.42 bits per heavy atom. The number of imidazole rings is 1. The SMILES string of the molecule is [O-][N+]#Cc1nc2ccccc2[nH]1. The van der Waals surface area contributed by atoms with Gasteiger partial charge in [-0.25, -0.2) is 4.98 Å². The van der Waals surface area contributed by atoms with Crippen molar-refractivity contribution in [2.24, 2.45) is 0 Å². The van der Waals surface area contributed by atoms with Gasteiger partial charge in [0.05, 0.1) is 11.0 Å². The summed E-state index contributed by atoms with van der Waals surface area (Å²) in [5.41, 5.74) is 1.69. The lowest BCUT2D eigenvalue weighted by molar-refractivity contribution is 1.28.